The molecule has 1 saturated heterocycles. The molecule has 88 valence electrons. The third-order valence-electron chi connectivity index (χ3n) is 4.58. The summed E-state index contributed by atoms with van der Waals surface area (Å²) in [7, 11) is 0. The van der Waals surface area contributed by atoms with E-state index >= 15 is 0 Å². The quantitative estimate of drug-likeness (QED) is 0.552. The van der Waals surface area contributed by atoms with Crippen molar-refractivity contribution in [3.63, 3.8) is 0 Å². The minimum absolute atomic E-state index is 0.452. The Labute approximate surface area is 92.7 Å². The molecule has 2 aliphatic rings. The predicted octanol–water partition coefficient (Wildman–Crippen LogP) is 1.83. The average molecular weight is 212 g/mol. The van der Waals surface area contributed by atoms with Crippen LogP contribution in [-0.2, 0) is 4.74 Å². The minimum atomic E-state index is 0.452. The molecule has 1 aliphatic carbocycles. The highest BCUT2D eigenvalue weighted by Gasteiger charge is 2.43. The summed E-state index contributed by atoms with van der Waals surface area (Å²) in [4.78, 5) is 0. The Kier molecular flexibility index (Phi) is 3.65. The second-order valence-electron chi connectivity index (χ2n) is 5.19. The lowest BCUT2D eigenvalue weighted by molar-refractivity contribution is 0.112. The van der Waals surface area contributed by atoms with Gasteiger partial charge >= 0.3 is 0 Å². The number of ether oxygens (including phenoxy) is 1. The summed E-state index contributed by atoms with van der Waals surface area (Å²) in [6.07, 6.45) is 7.86. The number of nitrogens with one attached hydrogen (secondary N) is 1. The molecular formula is C12H24N2O. The summed E-state index contributed by atoms with van der Waals surface area (Å²) in [5.74, 6) is 6.42. The third kappa shape index (κ3) is 2.05. The van der Waals surface area contributed by atoms with E-state index < -0.39 is 0 Å². The smallest absolute Gasteiger partial charge is 0.0510 e. The molecule has 2 rings (SSSR count). The molecule has 15 heavy (non-hydrogen) atoms. The summed E-state index contributed by atoms with van der Waals surface area (Å²) in [5.41, 5.74) is 3.55. The van der Waals surface area contributed by atoms with Crippen LogP contribution in [0.25, 0.3) is 0 Å². The molecule has 1 aliphatic heterocycles. The van der Waals surface area contributed by atoms with Crippen LogP contribution in [-0.4, -0.2) is 19.3 Å². The van der Waals surface area contributed by atoms with Crippen LogP contribution >= 0.6 is 0 Å². The van der Waals surface area contributed by atoms with Gasteiger partial charge in [0.15, 0.2) is 0 Å². The van der Waals surface area contributed by atoms with Gasteiger partial charge in [-0.25, -0.2) is 0 Å². The van der Waals surface area contributed by atoms with Crippen molar-refractivity contribution in [3.05, 3.63) is 0 Å². The molecule has 0 aromatic heterocycles. The lowest BCUT2D eigenvalue weighted by Gasteiger charge is -2.39. The fourth-order valence-electron chi connectivity index (χ4n) is 3.59. The normalized spacial score (nSPS) is 32.0. The van der Waals surface area contributed by atoms with Crippen LogP contribution in [0.3, 0.4) is 0 Å². The van der Waals surface area contributed by atoms with Crippen molar-refractivity contribution in [1.82, 2.24) is 5.43 Å². The van der Waals surface area contributed by atoms with Crippen LogP contribution in [0.2, 0.25) is 0 Å². The Morgan fingerprint density at radius 1 is 1.47 bits per heavy atom. The van der Waals surface area contributed by atoms with Crippen LogP contribution in [0.15, 0.2) is 0 Å². The maximum atomic E-state index is 5.79. The first-order chi connectivity index (χ1) is 7.32. The van der Waals surface area contributed by atoms with E-state index in [1.807, 2.05) is 0 Å². The molecule has 3 N–H and O–H groups in total. The Morgan fingerprint density at radius 3 is 2.67 bits per heavy atom. The molecule has 1 saturated carbocycles. The summed E-state index contributed by atoms with van der Waals surface area (Å²) in [6.45, 7) is 4.13. The largest absolute Gasteiger partial charge is 0.381 e. The topological polar surface area (TPSA) is 47.3 Å². The minimum Gasteiger partial charge on any atom is -0.381 e. The highest BCUT2D eigenvalue weighted by molar-refractivity contribution is 4.97. The van der Waals surface area contributed by atoms with E-state index in [0.717, 1.165) is 13.2 Å². The van der Waals surface area contributed by atoms with Crippen molar-refractivity contribution < 1.29 is 4.74 Å². The monoisotopic (exact) mass is 212 g/mol. The van der Waals surface area contributed by atoms with Crippen molar-refractivity contribution in [2.45, 2.75) is 51.5 Å². The first-order valence-corrected chi connectivity index (χ1v) is 6.36. The SMILES string of the molecule is CCC1(C(NN)C2CCOC2)CCCC1. The second kappa shape index (κ2) is 4.81. The number of nitrogens with two attached hydrogens (primary N) is 1. The number of hydrazine groups is 1. The Morgan fingerprint density at radius 2 is 2.20 bits per heavy atom. The molecule has 2 unspecified atom stereocenters. The van der Waals surface area contributed by atoms with Gasteiger partial charge in [0.25, 0.3) is 0 Å². The fraction of sp³-hybridized carbons (Fsp3) is 1.00. The van der Waals surface area contributed by atoms with Crippen molar-refractivity contribution >= 4 is 0 Å². The van der Waals surface area contributed by atoms with Gasteiger partial charge in [-0.1, -0.05) is 19.8 Å². The maximum absolute atomic E-state index is 5.79. The van der Waals surface area contributed by atoms with Gasteiger partial charge in [-0.2, -0.15) is 0 Å². The van der Waals surface area contributed by atoms with Crippen LogP contribution < -0.4 is 11.3 Å². The van der Waals surface area contributed by atoms with E-state index in [4.69, 9.17) is 10.6 Å². The molecule has 1 heterocycles. The molecule has 0 aromatic carbocycles. The van der Waals surface area contributed by atoms with Crippen molar-refractivity contribution in [2.75, 3.05) is 13.2 Å². The zero-order valence-corrected chi connectivity index (χ0v) is 9.80. The van der Waals surface area contributed by atoms with Gasteiger partial charge in [0.1, 0.15) is 0 Å². The van der Waals surface area contributed by atoms with E-state index in [2.05, 4.69) is 12.3 Å². The first kappa shape index (κ1) is 11.4. The molecule has 0 amide bonds. The first-order valence-electron chi connectivity index (χ1n) is 6.36. The lowest BCUT2D eigenvalue weighted by Crippen LogP contribution is -2.51. The molecule has 0 spiro atoms. The summed E-state index contributed by atoms with van der Waals surface area (Å²) >= 11 is 0. The van der Waals surface area contributed by atoms with Gasteiger partial charge in [0.05, 0.1) is 6.61 Å². The third-order valence-corrected chi connectivity index (χ3v) is 4.58. The van der Waals surface area contributed by atoms with E-state index in [1.54, 1.807) is 0 Å². The van der Waals surface area contributed by atoms with Gasteiger partial charge in [0.2, 0.25) is 0 Å². The molecule has 2 fully saturated rings. The van der Waals surface area contributed by atoms with Crippen molar-refractivity contribution in [1.29, 1.82) is 0 Å². The zero-order valence-electron chi connectivity index (χ0n) is 9.80. The second-order valence-corrected chi connectivity index (χ2v) is 5.19. The van der Waals surface area contributed by atoms with E-state index in [-0.39, 0.29) is 0 Å². The van der Waals surface area contributed by atoms with E-state index in [1.165, 1.54) is 38.5 Å². The summed E-state index contributed by atoms with van der Waals surface area (Å²) in [5, 5.41) is 0. The van der Waals surface area contributed by atoms with Crippen LogP contribution in [0.5, 0.6) is 0 Å². The summed E-state index contributed by atoms with van der Waals surface area (Å²) < 4.78 is 5.49. The molecule has 3 nitrogen and oxygen atoms in total. The predicted molar refractivity (Wildman–Crippen MR) is 61.2 cm³/mol. The van der Waals surface area contributed by atoms with Gasteiger partial charge in [-0.3, -0.25) is 11.3 Å². The van der Waals surface area contributed by atoms with Crippen LogP contribution in [0.4, 0.5) is 0 Å². The van der Waals surface area contributed by atoms with Gasteiger partial charge < -0.3 is 4.74 Å². The number of rotatable bonds is 4. The highest BCUT2D eigenvalue weighted by Crippen LogP contribution is 2.46. The Hall–Kier alpha value is -0.120. The molecule has 0 radical (unpaired) electrons. The zero-order chi connectivity index (χ0) is 10.7. The standard InChI is InChI=1S/C12H24N2O/c1-2-12(6-3-4-7-12)11(14-13)10-5-8-15-9-10/h10-11,14H,2-9,13H2,1H3. The number of hydrogen-bond donors (Lipinski definition) is 2. The molecule has 2 atom stereocenters. The molecule has 0 bridgehead atoms. The number of hydrogen-bond acceptors (Lipinski definition) is 3. The molecule has 0 aromatic rings. The van der Waals surface area contributed by atoms with Crippen molar-refractivity contribution in [2.24, 2.45) is 17.2 Å². The fourth-order valence-corrected chi connectivity index (χ4v) is 3.59. The van der Waals surface area contributed by atoms with Crippen LogP contribution in [0, 0.1) is 11.3 Å². The highest BCUT2D eigenvalue weighted by atomic mass is 16.5. The van der Waals surface area contributed by atoms with E-state index in [0.29, 0.717) is 17.4 Å². The van der Waals surface area contributed by atoms with Gasteiger partial charge in [0, 0.05) is 18.6 Å². The van der Waals surface area contributed by atoms with Crippen LogP contribution in [0.1, 0.15) is 45.4 Å². The average Bonchev–Trinajstić information content (AvgIpc) is 2.90. The molecule has 3 heteroatoms. The van der Waals surface area contributed by atoms with E-state index in [9.17, 15) is 0 Å². The maximum Gasteiger partial charge on any atom is 0.0510 e. The Bertz CT molecular complexity index is 196. The summed E-state index contributed by atoms with van der Waals surface area (Å²) in [6, 6.07) is 0.465. The van der Waals surface area contributed by atoms with Gasteiger partial charge in [-0.05, 0) is 31.1 Å². The van der Waals surface area contributed by atoms with Gasteiger partial charge in [-0.15, -0.1) is 0 Å². The molecular weight excluding hydrogens is 188 g/mol. The lowest BCUT2D eigenvalue weighted by atomic mass is 9.71. The Balaban J connectivity index is 2.08. The van der Waals surface area contributed by atoms with Crippen molar-refractivity contribution in [3.8, 4) is 0 Å².